The number of fused-ring (bicyclic) bond motifs is 1. The van der Waals surface area contributed by atoms with Crippen LogP contribution < -0.4 is 5.32 Å². The lowest BCUT2D eigenvalue weighted by Gasteiger charge is -2.11. The van der Waals surface area contributed by atoms with Crippen LogP contribution in [0.15, 0.2) is 51.8 Å². The molecule has 0 fully saturated rings. The van der Waals surface area contributed by atoms with Crippen LogP contribution in [0.25, 0.3) is 11.1 Å². The lowest BCUT2D eigenvalue weighted by molar-refractivity contribution is 0.102. The van der Waals surface area contributed by atoms with E-state index in [9.17, 15) is 9.00 Å². The highest BCUT2D eigenvalue weighted by Gasteiger charge is 2.21. The summed E-state index contributed by atoms with van der Waals surface area (Å²) in [4.78, 5) is 17.6. The molecule has 1 amide bonds. The summed E-state index contributed by atoms with van der Waals surface area (Å²) in [6, 6.07) is 12.1. The Morgan fingerprint density at radius 3 is 2.40 bits per heavy atom. The Hall–Kier alpha value is -2.47. The molecule has 5 nitrogen and oxygen atoms in total. The summed E-state index contributed by atoms with van der Waals surface area (Å²) in [6.07, 6.45) is 1.61. The summed E-state index contributed by atoms with van der Waals surface area (Å²) in [5.41, 5.74) is 2.38. The van der Waals surface area contributed by atoms with Crippen molar-refractivity contribution in [3.8, 4) is 0 Å². The lowest BCUT2D eigenvalue weighted by atomic mass is 9.97. The highest BCUT2D eigenvalue weighted by atomic mass is 32.2. The van der Waals surface area contributed by atoms with E-state index in [1.54, 1.807) is 48.7 Å². The largest absolute Gasteiger partial charge is 0.440 e. The normalized spacial score (nSPS) is 13.0. The van der Waals surface area contributed by atoms with E-state index in [-0.39, 0.29) is 11.3 Å². The van der Waals surface area contributed by atoms with Crippen LogP contribution in [-0.2, 0) is 16.2 Å². The average Bonchev–Trinajstić information content (AvgIpc) is 2.98. The second-order valence-electron chi connectivity index (χ2n) is 6.88. The number of nitrogens with one attached hydrogen (secondary N) is 1. The minimum Gasteiger partial charge on any atom is -0.440 e. The number of oxazole rings is 1. The monoisotopic (exact) mass is 356 g/mol. The number of rotatable bonds is 3. The van der Waals surface area contributed by atoms with Gasteiger partial charge in [-0.3, -0.25) is 9.00 Å². The zero-order valence-electron chi connectivity index (χ0n) is 14.6. The molecule has 0 aliphatic heterocycles. The Morgan fingerprint density at radius 2 is 1.80 bits per heavy atom. The van der Waals surface area contributed by atoms with Crippen molar-refractivity contribution in [2.75, 3.05) is 11.6 Å². The Kier molecular flexibility index (Phi) is 4.47. The number of hydrogen-bond donors (Lipinski definition) is 1. The van der Waals surface area contributed by atoms with Crippen molar-refractivity contribution in [2.24, 2.45) is 0 Å². The molecular weight excluding hydrogens is 336 g/mol. The SMILES string of the molecule is C[S@@](=O)c1ccc(C(=O)Nc2ccc3oc(C(C)(C)C)nc3c2)cc1. The maximum absolute atomic E-state index is 12.4. The van der Waals surface area contributed by atoms with Gasteiger partial charge in [0, 0.05) is 38.6 Å². The average molecular weight is 356 g/mol. The number of carbonyl (C=O) groups is 1. The topological polar surface area (TPSA) is 72.2 Å². The molecule has 0 spiro atoms. The quantitative estimate of drug-likeness (QED) is 0.766. The standard InChI is InChI=1S/C19H20N2O3S/c1-19(2,3)18-21-15-11-13(7-10-16(15)24-18)20-17(22)12-5-8-14(9-6-12)25(4)23/h5-11H,1-4H3,(H,20,22)/t25-/m1/s1. The molecule has 2 aromatic carbocycles. The molecule has 6 heteroatoms. The highest BCUT2D eigenvalue weighted by molar-refractivity contribution is 7.84. The van der Waals surface area contributed by atoms with Gasteiger partial charge in [-0.1, -0.05) is 20.8 Å². The van der Waals surface area contributed by atoms with Gasteiger partial charge in [0.2, 0.25) is 5.89 Å². The summed E-state index contributed by atoms with van der Waals surface area (Å²) >= 11 is 0. The smallest absolute Gasteiger partial charge is 0.255 e. The highest BCUT2D eigenvalue weighted by Crippen LogP contribution is 2.27. The molecule has 1 heterocycles. The van der Waals surface area contributed by atoms with Crippen molar-refractivity contribution in [1.82, 2.24) is 4.98 Å². The molecule has 1 N–H and O–H groups in total. The third kappa shape index (κ3) is 3.79. The second-order valence-corrected chi connectivity index (χ2v) is 8.26. The first-order valence-corrected chi connectivity index (χ1v) is 9.46. The molecule has 130 valence electrons. The summed E-state index contributed by atoms with van der Waals surface area (Å²) in [5.74, 6) is 0.432. The molecule has 3 rings (SSSR count). The van der Waals surface area contributed by atoms with Gasteiger partial charge in [0.1, 0.15) is 5.52 Å². The van der Waals surface area contributed by atoms with Gasteiger partial charge in [-0.15, -0.1) is 0 Å². The van der Waals surface area contributed by atoms with Gasteiger partial charge in [0.25, 0.3) is 5.91 Å². The van der Waals surface area contributed by atoms with Gasteiger partial charge in [-0.2, -0.15) is 0 Å². The van der Waals surface area contributed by atoms with Gasteiger partial charge in [0.05, 0.1) is 0 Å². The molecule has 0 saturated carbocycles. The van der Waals surface area contributed by atoms with E-state index in [2.05, 4.69) is 10.3 Å². The maximum atomic E-state index is 12.4. The molecule has 25 heavy (non-hydrogen) atoms. The molecule has 1 aromatic heterocycles. The van der Waals surface area contributed by atoms with Crippen LogP contribution in [0, 0.1) is 0 Å². The lowest BCUT2D eigenvalue weighted by Crippen LogP contribution is -2.12. The van der Waals surface area contributed by atoms with Crippen LogP contribution in [-0.4, -0.2) is 21.4 Å². The van der Waals surface area contributed by atoms with E-state index < -0.39 is 10.8 Å². The van der Waals surface area contributed by atoms with Crippen LogP contribution in [0.3, 0.4) is 0 Å². The minimum absolute atomic E-state index is 0.177. The van der Waals surface area contributed by atoms with Crippen LogP contribution in [0.2, 0.25) is 0 Å². The number of nitrogens with zero attached hydrogens (tertiary/aromatic N) is 1. The number of anilines is 1. The first-order chi connectivity index (χ1) is 11.7. The van der Waals surface area contributed by atoms with Crippen molar-refractivity contribution in [3.05, 3.63) is 53.9 Å². The van der Waals surface area contributed by atoms with Crippen molar-refractivity contribution in [1.29, 1.82) is 0 Å². The molecular formula is C19H20N2O3S. The minimum atomic E-state index is -1.06. The number of hydrogen-bond acceptors (Lipinski definition) is 4. The van der Waals surface area contributed by atoms with Crippen LogP contribution in [0.5, 0.6) is 0 Å². The van der Waals surface area contributed by atoms with Crippen molar-refractivity contribution < 1.29 is 13.4 Å². The molecule has 0 aliphatic carbocycles. The molecule has 0 saturated heterocycles. The van der Waals surface area contributed by atoms with Crippen LogP contribution >= 0.6 is 0 Å². The van der Waals surface area contributed by atoms with Gasteiger partial charge in [0.15, 0.2) is 5.58 Å². The van der Waals surface area contributed by atoms with E-state index in [0.29, 0.717) is 33.1 Å². The molecule has 0 aliphatic rings. The Morgan fingerprint density at radius 1 is 1.12 bits per heavy atom. The fraction of sp³-hybridized carbons (Fsp3) is 0.263. The van der Waals surface area contributed by atoms with Gasteiger partial charge in [-0.25, -0.2) is 4.98 Å². The Labute approximate surface area is 148 Å². The van der Waals surface area contributed by atoms with Gasteiger partial charge < -0.3 is 9.73 Å². The van der Waals surface area contributed by atoms with Crippen molar-refractivity contribution in [2.45, 2.75) is 31.1 Å². The number of carbonyl (C=O) groups excluding carboxylic acids is 1. The predicted octanol–water partition coefficient (Wildman–Crippen LogP) is 4.12. The summed E-state index contributed by atoms with van der Waals surface area (Å²) < 4.78 is 17.2. The van der Waals surface area contributed by atoms with Crippen LogP contribution in [0.1, 0.15) is 37.0 Å². The number of benzene rings is 2. The molecule has 0 unspecified atom stereocenters. The maximum Gasteiger partial charge on any atom is 0.255 e. The van der Waals surface area contributed by atoms with Crippen molar-refractivity contribution >= 4 is 33.5 Å². The predicted molar refractivity (Wildman–Crippen MR) is 99.4 cm³/mol. The van der Waals surface area contributed by atoms with E-state index >= 15 is 0 Å². The fourth-order valence-corrected chi connectivity index (χ4v) is 2.85. The molecule has 0 radical (unpaired) electrons. The zero-order valence-corrected chi connectivity index (χ0v) is 15.4. The zero-order chi connectivity index (χ0) is 18.2. The van der Waals surface area contributed by atoms with Crippen molar-refractivity contribution in [3.63, 3.8) is 0 Å². The first-order valence-electron chi connectivity index (χ1n) is 7.90. The molecule has 3 aromatic rings. The first kappa shape index (κ1) is 17.4. The van der Waals surface area contributed by atoms with Crippen LogP contribution in [0.4, 0.5) is 5.69 Å². The third-order valence-corrected chi connectivity index (χ3v) is 4.67. The molecule has 1 atom stereocenters. The summed E-state index contributed by atoms with van der Waals surface area (Å²) in [5, 5.41) is 2.85. The van der Waals surface area contributed by atoms with E-state index in [1.807, 2.05) is 20.8 Å². The second kappa shape index (κ2) is 6.44. The number of aromatic nitrogens is 1. The van der Waals surface area contributed by atoms with E-state index in [1.165, 1.54) is 0 Å². The Balaban J connectivity index is 1.82. The van der Waals surface area contributed by atoms with Gasteiger partial charge >= 0.3 is 0 Å². The molecule has 0 bridgehead atoms. The van der Waals surface area contributed by atoms with E-state index in [0.717, 1.165) is 0 Å². The third-order valence-electron chi connectivity index (χ3n) is 3.74. The summed E-state index contributed by atoms with van der Waals surface area (Å²) in [7, 11) is -1.06. The fourth-order valence-electron chi connectivity index (χ4n) is 2.33. The number of amides is 1. The summed E-state index contributed by atoms with van der Waals surface area (Å²) in [6.45, 7) is 6.11. The Bertz CT molecular complexity index is 953. The van der Waals surface area contributed by atoms with Gasteiger partial charge in [-0.05, 0) is 42.5 Å². The van der Waals surface area contributed by atoms with E-state index in [4.69, 9.17) is 4.42 Å².